The van der Waals surface area contributed by atoms with E-state index in [1.807, 2.05) is 0 Å². The Bertz CT molecular complexity index is 2220. The van der Waals surface area contributed by atoms with Crippen molar-refractivity contribution in [2.75, 3.05) is 18.4 Å². The first kappa shape index (κ1) is 42.2. The number of carbonyl (C=O) groups is 5. The number of rotatable bonds is 14. The minimum absolute atomic E-state index is 0.0494. The molecule has 6 rings (SSSR count). The second kappa shape index (κ2) is 16.8. The van der Waals surface area contributed by atoms with Crippen molar-refractivity contribution in [3.05, 3.63) is 93.0 Å². The molecule has 1 spiro atoms. The zero-order valence-electron chi connectivity index (χ0n) is 33.4. The van der Waals surface area contributed by atoms with Gasteiger partial charge >= 0.3 is 12.1 Å². The van der Waals surface area contributed by atoms with Crippen LogP contribution in [0.3, 0.4) is 0 Å². The number of Topliss-reactive ketones (excluding diaryl/α,β-unsaturated/α-hetero) is 2. The quantitative estimate of drug-likeness (QED) is 0.0291. The number of hydrogen-bond acceptors (Lipinski definition) is 13. The minimum Gasteiger partial charge on any atom is -0.456 e. The first-order chi connectivity index (χ1) is 27.9. The van der Waals surface area contributed by atoms with Crippen LogP contribution in [0.4, 0.5) is 16.2 Å². The number of hydrogen-bond donors (Lipinski definition) is 5. The van der Waals surface area contributed by atoms with E-state index in [0.29, 0.717) is 53.9 Å². The van der Waals surface area contributed by atoms with Crippen LogP contribution in [-0.4, -0.2) is 82.2 Å². The number of ketones is 2. The van der Waals surface area contributed by atoms with Gasteiger partial charge in [0.25, 0.3) is 5.69 Å². The molecule has 0 saturated carbocycles. The van der Waals surface area contributed by atoms with Crippen LogP contribution in [0.1, 0.15) is 87.4 Å². The number of nitrogens with one attached hydrogen (secondary N) is 3. The zero-order valence-corrected chi connectivity index (χ0v) is 33.4. The lowest BCUT2D eigenvalue weighted by Gasteiger charge is -2.36. The Balaban J connectivity index is 1.25. The molecule has 0 bridgehead atoms. The third-order valence-electron chi connectivity index (χ3n) is 10.2. The van der Waals surface area contributed by atoms with Crippen LogP contribution in [0.25, 0.3) is 0 Å². The van der Waals surface area contributed by atoms with Gasteiger partial charge in [0.15, 0.2) is 11.6 Å². The molecule has 0 aromatic heterocycles. The van der Waals surface area contributed by atoms with Gasteiger partial charge in [-0.2, -0.15) is 0 Å². The van der Waals surface area contributed by atoms with Crippen LogP contribution >= 0.6 is 0 Å². The molecule has 1 fully saturated rings. The van der Waals surface area contributed by atoms with Crippen molar-refractivity contribution in [2.24, 2.45) is 22.4 Å². The number of ether oxygens (including phenoxy) is 3. The molecule has 18 heteroatoms. The lowest BCUT2D eigenvalue weighted by Crippen LogP contribution is -2.57. The molecule has 3 aliphatic heterocycles. The van der Waals surface area contributed by atoms with Crippen molar-refractivity contribution in [3.8, 4) is 11.5 Å². The largest absolute Gasteiger partial charge is 0.456 e. The van der Waals surface area contributed by atoms with Gasteiger partial charge in [0.1, 0.15) is 29.2 Å². The van der Waals surface area contributed by atoms with Crippen LogP contribution in [0.2, 0.25) is 0 Å². The number of nitrogens with zero attached hydrogens (tertiary/aromatic N) is 3. The molecule has 18 nitrogen and oxygen atoms in total. The first-order valence-corrected chi connectivity index (χ1v) is 19.3. The number of alkyl carbamates (subject to hydrolysis) is 1. The lowest BCUT2D eigenvalue weighted by atomic mass is 9.77. The highest BCUT2D eigenvalue weighted by atomic mass is 16.6. The number of aliphatic imine (C=N–C) groups is 1. The van der Waals surface area contributed by atoms with E-state index >= 15 is 0 Å². The Morgan fingerprint density at radius 3 is 2.44 bits per heavy atom. The van der Waals surface area contributed by atoms with Crippen molar-refractivity contribution < 1.29 is 43.1 Å². The van der Waals surface area contributed by atoms with Gasteiger partial charge in [0.2, 0.25) is 17.5 Å². The van der Waals surface area contributed by atoms with Gasteiger partial charge in [0.05, 0.1) is 16.5 Å². The predicted octanol–water partition coefficient (Wildman–Crippen LogP) is 4.18. The van der Waals surface area contributed by atoms with Crippen LogP contribution in [-0.2, 0) is 29.5 Å². The number of guanidine groups is 1. The molecule has 3 heterocycles. The van der Waals surface area contributed by atoms with Crippen molar-refractivity contribution in [1.29, 1.82) is 0 Å². The van der Waals surface area contributed by atoms with Gasteiger partial charge in [0, 0.05) is 53.7 Å². The van der Waals surface area contributed by atoms with Crippen LogP contribution in [0, 0.1) is 16.0 Å². The summed E-state index contributed by atoms with van der Waals surface area (Å²) in [6, 6.07) is 12.9. The molecular formula is C41H48N8O10. The maximum Gasteiger partial charge on any atom is 0.408 e. The van der Waals surface area contributed by atoms with Gasteiger partial charge in [-0.1, -0.05) is 32.0 Å². The number of benzene rings is 3. The number of nitro benzene ring substituents is 1. The van der Waals surface area contributed by atoms with E-state index in [2.05, 4.69) is 21.1 Å². The molecule has 2 unspecified atom stereocenters. The standard InChI is InChI=1S/C41H48N8O10/c1-22(2)33(46-39(54)59-40(3,4)5)35(51)34(50)30-12-9-19-48(30)47-29(11-8-18-44-38(42)43)36(52)45-23-14-16-28-32(20-23)57-31-13-7-6-10-27(31)41(28)26-17-15-24(49(55)56)21-25(26)37(53)58-41/h6-7,10,13-17,20-22,29-30,33,47H,8-9,11-12,18-19H2,1-5H3,(H,45,52)(H,46,54)(H4,42,43,44)/t29?,30-,33-,41?/m0/s1. The number of non-ortho nitro benzene ring substituents is 1. The van der Waals surface area contributed by atoms with Crippen molar-refractivity contribution in [2.45, 2.75) is 89.6 Å². The number of anilines is 1. The third kappa shape index (κ3) is 8.87. The Labute approximate surface area is 340 Å². The molecule has 3 aromatic rings. The molecule has 7 N–H and O–H groups in total. The SMILES string of the molecule is CC(C)[C@H](NC(=O)OC(C)(C)C)C(=O)C(=O)[C@@H]1CCCN1NC(CCCN=C(N)N)C(=O)Nc1ccc2c(c1)Oc1ccccc1C21OC(=O)c2cc([N+](=O)[O-])ccc21. The molecular weight excluding hydrogens is 764 g/mol. The molecule has 3 aromatic carbocycles. The number of amides is 2. The smallest absolute Gasteiger partial charge is 0.408 e. The molecule has 2 amide bonds. The summed E-state index contributed by atoms with van der Waals surface area (Å²) in [4.78, 5) is 82.4. The normalized spacial score (nSPS) is 19.0. The molecule has 59 heavy (non-hydrogen) atoms. The fourth-order valence-corrected chi connectivity index (χ4v) is 7.52. The van der Waals surface area contributed by atoms with Gasteiger partial charge in [-0.3, -0.25) is 29.5 Å². The maximum atomic E-state index is 14.1. The summed E-state index contributed by atoms with van der Waals surface area (Å²) in [6.45, 7) is 9.07. The van der Waals surface area contributed by atoms with E-state index in [-0.39, 0.29) is 35.9 Å². The number of hydrazine groups is 1. The van der Waals surface area contributed by atoms with Crippen molar-refractivity contribution in [3.63, 3.8) is 0 Å². The second-order valence-electron chi connectivity index (χ2n) is 15.9. The van der Waals surface area contributed by atoms with Gasteiger partial charge < -0.3 is 36.3 Å². The number of nitro groups is 1. The van der Waals surface area contributed by atoms with Crippen LogP contribution in [0.15, 0.2) is 65.7 Å². The average Bonchev–Trinajstić information content (AvgIpc) is 3.75. The fourth-order valence-electron chi connectivity index (χ4n) is 7.52. The van der Waals surface area contributed by atoms with Gasteiger partial charge in [-0.25, -0.2) is 20.0 Å². The predicted molar refractivity (Wildman–Crippen MR) is 215 cm³/mol. The monoisotopic (exact) mass is 812 g/mol. The second-order valence-corrected chi connectivity index (χ2v) is 15.9. The van der Waals surface area contributed by atoms with E-state index in [1.54, 1.807) is 82.1 Å². The minimum atomic E-state index is -1.49. The maximum absolute atomic E-state index is 14.1. The van der Waals surface area contributed by atoms with Crippen LogP contribution < -0.4 is 32.3 Å². The summed E-state index contributed by atoms with van der Waals surface area (Å²) in [5.74, 6) is -2.60. The summed E-state index contributed by atoms with van der Waals surface area (Å²) >= 11 is 0. The summed E-state index contributed by atoms with van der Waals surface area (Å²) in [7, 11) is 0. The number of esters is 1. The summed E-state index contributed by atoms with van der Waals surface area (Å²) in [5, 5.41) is 18.6. The topological polar surface area (TPSA) is 260 Å². The highest BCUT2D eigenvalue weighted by Gasteiger charge is 2.54. The van der Waals surface area contributed by atoms with Gasteiger partial charge in [-0.05, 0) is 76.6 Å². The molecule has 0 radical (unpaired) electrons. The zero-order chi connectivity index (χ0) is 42.8. The van der Waals surface area contributed by atoms with E-state index in [4.69, 9.17) is 25.7 Å². The third-order valence-corrected chi connectivity index (χ3v) is 10.2. The Morgan fingerprint density at radius 1 is 1.03 bits per heavy atom. The highest BCUT2D eigenvalue weighted by molar-refractivity contribution is 6.41. The van der Waals surface area contributed by atoms with Crippen LogP contribution in [0.5, 0.6) is 11.5 Å². The van der Waals surface area contributed by atoms with E-state index < -0.39 is 69.7 Å². The Kier molecular flexibility index (Phi) is 12.0. The molecule has 0 aliphatic carbocycles. The molecule has 4 atom stereocenters. The van der Waals surface area contributed by atoms with E-state index in [1.165, 1.54) is 18.2 Å². The Hall–Kier alpha value is -6.40. The molecule has 312 valence electrons. The number of carbonyl (C=O) groups excluding carboxylic acids is 5. The highest BCUT2D eigenvalue weighted by Crippen LogP contribution is 2.56. The van der Waals surface area contributed by atoms with E-state index in [0.717, 1.165) is 0 Å². The fraction of sp³-hybridized carbons (Fsp3) is 0.415. The number of nitrogens with two attached hydrogens (primary N) is 2. The Morgan fingerprint density at radius 2 is 1.75 bits per heavy atom. The summed E-state index contributed by atoms with van der Waals surface area (Å²) in [6.07, 6.45) is 0.670. The molecule has 3 aliphatic rings. The lowest BCUT2D eigenvalue weighted by molar-refractivity contribution is -0.384. The number of fused-ring (bicyclic) bond motifs is 6. The number of para-hydroxylation sites is 1. The summed E-state index contributed by atoms with van der Waals surface area (Å²) in [5.41, 5.74) is 13.4. The van der Waals surface area contributed by atoms with Crippen molar-refractivity contribution >= 4 is 46.9 Å². The van der Waals surface area contributed by atoms with E-state index in [9.17, 15) is 34.1 Å². The summed E-state index contributed by atoms with van der Waals surface area (Å²) < 4.78 is 17.7. The average molecular weight is 813 g/mol. The van der Waals surface area contributed by atoms with Crippen molar-refractivity contribution in [1.82, 2.24) is 15.8 Å². The van der Waals surface area contributed by atoms with Gasteiger partial charge in [-0.15, -0.1) is 0 Å². The molecule has 1 saturated heterocycles. The first-order valence-electron chi connectivity index (χ1n) is 19.3.